The number of pyridine rings is 1. The molecular formula is C22H25F3N4O4. The summed E-state index contributed by atoms with van der Waals surface area (Å²) in [5.74, 6) is -1.89. The van der Waals surface area contributed by atoms with Crippen LogP contribution in [0.15, 0.2) is 35.1 Å². The van der Waals surface area contributed by atoms with Gasteiger partial charge in [0.05, 0.1) is 18.2 Å². The van der Waals surface area contributed by atoms with Gasteiger partial charge in [0.2, 0.25) is 11.8 Å². The van der Waals surface area contributed by atoms with E-state index in [1.54, 1.807) is 17.0 Å². The number of nitrogens with one attached hydrogen (secondary N) is 1. The van der Waals surface area contributed by atoms with Gasteiger partial charge in [0, 0.05) is 24.7 Å². The van der Waals surface area contributed by atoms with Gasteiger partial charge in [-0.15, -0.1) is 0 Å². The van der Waals surface area contributed by atoms with Gasteiger partial charge in [0.15, 0.2) is 11.4 Å². The molecule has 1 saturated carbocycles. The Morgan fingerprint density at radius 3 is 2.64 bits per heavy atom. The number of ether oxygens (including phenoxy) is 1. The lowest BCUT2D eigenvalue weighted by atomic mass is 9.81. The molecular weight excluding hydrogens is 441 g/mol. The van der Waals surface area contributed by atoms with Gasteiger partial charge in [-0.1, -0.05) is 5.16 Å². The van der Waals surface area contributed by atoms with Gasteiger partial charge in [-0.3, -0.25) is 14.9 Å². The van der Waals surface area contributed by atoms with Crippen molar-refractivity contribution >= 4 is 17.7 Å². The third-order valence-electron chi connectivity index (χ3n) is 6.29. The zero-order valence-electron chi connectivity index (χ0n) is 17.9. The van der Waals surface area contributed by atoms with E-state index in [2.05, 4.69) is 15.5 Å². The molecule has 4 rings (SSSR count). The summed E-state index contributed by atoms with van der Waals surface area (Å²) >= 11 is 0. The van der Waals surface area contributed by atoms with Gasteiger partial charge in [-0.05, 0) is 50.7 Å². The lowest BCUT2D eigenvalue weighted by Crippen LogP contribution is -2.44. The van der Waals surface area contributed by atoms with Gasteiger partial charge in [-0.2, -0.15) is 13.2 Å². The Kier molecular flexibility index (Phi) is 6.85. The molecule has 1 saturated heterocycles. The molecule has 3 heterocycles. The molecule has 178 valence electrons. The molecule has 2 aromatic heterocycles. The van der Waals surface area contributed by atoms with Crippen LogP contribution in [0.4, 0.5) is 19.1 Å². The summed E-state index contributed by atoms with van der Waals surface area (Å²) in [6, 6.07) is 4.54. The second-order valence-electron chi connectivity index (χ2n) is 8.41. The number of alkyl halides is 3. The van der Waals surface area contributed by atoms with Crippen molar-refractivity contribution in [2.75, 3.05) is 18.5 Å². The number of aromatic nitrogens is 2. The first-order valence-electron chi connectivity index (χ1n) is 11.0. The third kappa shape index (κ3) is 5.45. The lowest BCUT2D eigenvalue weighted by Gasteiger charge is -2.33. The van der Waals surface area contributed by atoms with Crippen molar-refractivity contribution < 1.29 is 32.0 Å². The van der Waals surface area contributed by atoms with E-state index < -0.39 is 18.0 Å². The molecule has 11 heteroatoms. The molecule has 33 heavy (non-hydrogen) atoms. The fourth-order valence-electron chi connectivity index (χ4n) is 4.52. The zero-order valence-corrected chi connectivity index (χ0v) is 17.9. The first-order valence-corrected chi connectivity index (χ1v) is 11.0. The average molecular weight is 466 g/mol. The Labute approximate surface area is 188 Å². The number of anilines is 1. The average Bonchev–Trinajstić information content (AvgIpc) is 3.49. The Morgan fingerprint density at radius 2 is 1.94 bits per heavy atom. The summed E-state index contributed by atoms with van der Waals surface area (Å²) in [7, 11) is 0. The molecule has 1 aliphatic carbocycles. The quantitative estimate of drug-likeness (QED) is 0.690. The fourth-order valence-corrected chi connectivity index (χ4v) is 4.52. The number of amides is 2. The summed E-state index contributed by atoms with van der Waals surface area (Å²) in [6.07, 6.45) is 0.676. The van der Waals surface area contributed by atoms with Crippen LogP contribution in [-0.2, 0) is 4.79 Å². The maximum atomic E-state index is 13.0. The molecule has 2 fully saturated rings. The molecule has 2 amide bonds. The first kappa shape index (κ1) is 23.1. The highest BCUT2D eigenvalue weighted by Gasteiger charge is 2.44. The van der Waals surface area contributed by atoms with E-state index in [1.807, 2.05) is 0 Å². The SMILES string of the molecule is O=C(Nc1ccno1)c1ncccc1OCC1CCCN1C(=O)C1CCC(C(F)(F)F)CC1. The molecule has 2 aromatic rings. The maximum Gasteiger partial charge on any atom is 0.391 e. The minimum absolute atomic E-state index is 0.00570. The van der Waals surface area contributed by atoms with E-state index in [4.69, 9.17) is 9.26 Å². The number of carbonyl (C=O) groups is 2. The van der Waals surface area contributed by atoms with Gasteiger partial charge >= 0.3 is 6.18 Å². The van der Waals surface area contributed by atoms with E-state index in [9.17, 15) is 22.8 Å². The Bertz CT molecular complexity index is 959. The Morgan fingerprint density at radius 1 is 1.15 bits per heavy atom. The third-order valence-corrected chi connectivity index (χ3v) is 6.29. The summed E-state index contributed by atoms with van der Waals surface area (Å²) in [5.41, 5.74) is 0.0650. The lowest BCUT2D eigenvalue weighted by molar-refractivity contribution is -0.185. The Hall–Kier alpha value is -3.11. The fraction of sp³-hybridized carbons (Fsp3) is 0.545. The van der Waals surface area contributed by atoms with Crippen molar-refractivity contribution in [2.24, 2.45) is 11.8 Å². The second-order valence-corrected chi connectivity index (χ2v) is 8.41. The van der Waals surface area contributed by atoms with Gasteiger partial charge in [-0.25, -0.2) is 4.98 Å². The highest BCUT2D eigenvalue weighted by atomic mass is 19.4. The summed E-state index contributed by atoms with van der Waals surface area (Å²) < 4.78 is 49.6. The highest BCUT2D eigenvalue weighted by molar-refractivity contribution is 6.03. The second kappa shape index (κ2) is 9.80. The predicted molar refractivity (Wildman–Crippen MR) is 110 cm³/mol. The largest absolute Gasteiger partial charge is 0.489 e. The summed E-state index contributed by atoms with van der Waals surface area (Å²) in [4.78, 5) is 31.4. The number of likely N-dealkylation sites (tertiary alicyclic amines) is 1. The first-order chi connectivity index (χ1) is 15.8. The van der Waals surface area contributed by atoms with Gasteiger partial charge < -0.3 is 14.2 Å². The number of carbonyl (C=O) groups excluding carboxylic acids is 2. The van der Waals surface area contributed by atoms with Crippen molar-refractivity contribution in [3.05, 3.63) is 36.3 Å². The van der Waals surface area contributed by atoms with Gasteiger partial charge in [0.25, 0.3) is 5.91 Å². The highest BCUT2D eigenvalue weighted by Crippen LogP contribution is 2.40. The van der Waals surface area contributed by atoms with Crippen molar-refractivity contribution in [1.29, 1.82) is 0 Å². The van der Waals surface area contributed by atoms with E-state index >= 15 is 0 Å². The monoisotopic (exact) mass is 466 g/mol. The van der Waals surface area contributed by atoms with E-state index in [0.29, 0.717) is 6.54 Å². The topological polar surface area (TPSA) is 97.6 Å². The summed E-state index contributed by atoms with van der Waals surface area (Å²) in [5, 5.41) is 6.06. The molecule has 0 bridgehead atoms. The molecule has 1 N–H and O–H groups in total. The van der Waals surface area contributed by atoms with Crippen molar-refractivity contribution in [1.82, 2.24) is 15.0 Å². The van der Waals surface area contributed by atoms with Crippen LogP contribution < -0.4 is 10.1 Å². The minimum Gasteiger partial charge on any atom is -0.489 e. The maximum absolute atomic E-state index is 13.0. The minimum atomic E-state index is -4.20. The molecule has 0 spiro atoms. The standard InChI is InChI=1S/C22H25F3N4O4/c23-22(24,25)15-7-5-14(6-8-15)21(31)29-12-2-3-16(29)13-32-17-4-1-10-26-19(17)20(30)28-18-9-11-27-33-18/h1,4,9-11,14-16H,2-3,5-8,12-13H2,(H,28,30). The molecule has 1 aliphatic heterocycles. The predicted octanol–water partition coefficient (Wildman–Crippen LogP) is 4.06. The van der Waals surface area contributed by atoms with Gasteiger partial charge in [0.1, 0.15) is 6.61 Å². The van der Waals surface area contributed by atoms with Crippen LogP contribution in [0.3, 0.4) is 0 Å². The zero-order chi connectivity index (χ0) is 23.4. The van der Waals surface area contributed by atoms with Crippen LogP contribution in [0.1, 0.15) is 49.0 Å². The number of nitrogens with zero attached hydrogens (tertiary/aromatic N) is 3. The van der Waals surface area contributed by atoms with Crippen LogP contribution in [-0.4, -0.2) is 52.2 Å². The number of halogens is 3. The van der Waals surface area contributed by atoms with Crippen LogP contribution >= 0.6 is 0 Å². The Balaban J connectivity index is 1.35. The number of hydrogen-bond acceptors (Lipinski definition) is 6. The van der Waals surface area contributed by atoms with Crippen molar-refractivity contribution in [3.8, 4) is 5.75 Å². The molecule has 8 nitrogen and oxygen atoms in total. The van der Waals surface area contributed by atoms with E-state index in [0.717, 1.165) is 12.8 Å². The van der Waals surface area contributed by atoms with Crippen molar-refractivity contribution in [2.45, 2.75) is 50.7 Å². The number of rotatable bonds is 6. The molecule has 2 aliphatic rings. The smallest absolute Gasteiger partial charge is 0.391 e. The normalized spacial score (nSPS) is 23.4. The van der Waals surface area contributed by atoms with E-state index in [-0.39, 0.29) is 67.5 Å². The summed E-state index contributed by atoms with van der Waals surface area (Å²) in [6.45, 7) is 0.718. The van der Waals surface area contributed by atoms with E-state index in [1.165, 1.54) is 18.5 Å². The van der Waals surface area contributed by atoms with Crippen LogP contribution in [0, 0.1) is 11.8 Å². The number of hydrogen-bond donors (Lipinski definition) is 1. The van der Waals surface area contributed by atoms with Crippen LogP contribution in [0.2, 0.25) is 0 Å². The molecule has 0 radical (unpaired) electrons. The van der Waals surface area contributed by atoms with Crippen molar-refractivity contribution in [3.63, 3.8) is 0 Å². The molecule has 0 aromatic carbocycles. The van der Waals surface area contributed by atoms with Crippen LogP contribution in [0.5, 0.6) is 5.75 Å². The van der Waals surface area contributed by atoms with Crippen LogP contribution in [0.25, 0.3) is 0 Å². The molecule has 1 unspecified atom stereocenters. The molecule has 1 atom stereocenters.